The molecule has 2 heterocycles. The van der Waals surface area contributed by atoms with Crippen molar-refractivity contribution in [3.8, 4) is 0 Å². The molecule has 1 N–H and O–H groups in total. The molecule has 2 aliphatic rings. The van der Waals surface area contributed by atoms with Gasteiger partial charge in [0.25, 0.3) is 0 Å². The maximum Gasteiger partial charge on any atom is 0.416 e. The number of benzene rings is 2. The molecule has 1 saturated heterocycles. The maximum atomic E-state index is 13.7. The Kier molecular flexibility index (Phi) is 8.65. The van der Waals surface area contributed by atoms with Crippen molar-refractivity contribution >= 4 is 0 Å². The average molecular weight is 586 g/mol. The number of rotatable bonds is 8. The smallest absolute Gasteiger partial charge is 0.377 e. The summed E-state index contributed by atoms with van der Waals surface area (Å²) in [5, 5.41) is 14.3. The van der Waals surface area contributed by atoms with Crippen molar-refractivity contribution in [3.05, 3.63) is 76.4 Å². The van der Waals surface area contributed by atoms with Crippen LogP contribution in [0.2, 0.25) is 0 Å². The number of nitrogens with zero attached hydrogens (tertiary/aromatic N) is 4. The van der Waals surface area contributed by atoms with E-state index in [0.717, 1.165) is 56.6 Å². The van der Waals surface area contributed by atoms with Crippen LogP contribution in [0, 0.1) is 11.7 Å². The lowest BCUT2D eigenvalue weighted by Gasteiger charge is -2.34. The van der Waals surface area contributed by atoms with Crippen LogP contribution in [0.25, 0.3) is 0 Å². The lowest BCUT2D eigenvalue weighted by molar-refractivity contribution is -0.143. The van der Waals surface area contributed by atoms with Crippen LogP contribution >= 0.6 is 0 Å². The second-order valence-electron chi connectivity index (χ2n) is 10.8. The van der Waals surface area contributed by atoms with Gasteiger partial charge in [0.2, 0.25) is 0 Å². The Labute approximate surface area is 232 Å². The molecule has 2 fully saturated rings. The van der Waals surface area contributed by atoms with Crippen LogP contribution in [0.4, 0.5) is 30.7 Å². The number of hydrogen-bond donors (Lipinski definition) is 1. The molecular weight excluding hydrogens is 555 g/mol. The second-order valence-corrected chi connectivity index (χ2v) is 10.8. The first kappa shape index (κ1) is 29.4. The van der Waals surface area contributed by atoms with Crippen LogP contribution in [0.15, 0.2) is 42.5 Å². The fourth-order valence-corrected chi connectivity index (χ4v) is 6.14. The van der Waals surface area contributed by atoms with Gasteiger partial charge >= 0.3 is 12.4 Å². The van der Waals surface area contributed by atoms with E-state index in [2.05, 4.69) is 25.5 Å². The van der Waals surface area contributed by atoms with Gasteiger partial charge in [0.1, 0.15) is 5.82 Å². The first-order valence-corrected chi connectivity index (χ1v) is 13.6. The first-order chi connectivity index (χ1) is 19.5. The van der Waals surface area contributed by atoms with Crippen molar-refractivity contribution in [3.63, 3.8) is 0 Å². The SMILES string of the molecule is Fc1ccc(C2C(CN3CCC(c4nn[nH]n4)CC3)CCC2OCCc2cc(C(F)(F)F)cc(C(F)(F)F)c2)cc1. The van der Waals surface area contributed by atoms with Crippen molar-refractivity contribution in [1.29, 1.82) is 0 Å². The molecule has 1 aromatic heterocycles. The van der Waals surface area contributed by atoms with E-state index in [9.17, 15) is 30.7 Å². The van der Waals surface area contributed by atoms with Crippen LogP contribution in [0.1, 0.15) is 65.6 Å². The van der Waals surface area contributed by atoms with Gasteiger partial charge in [-0.25, -0.2) is 4.39 Å². The van der Waals surface area contributed by atoms with Crippen LogP contribution in [-0.2, 0) is 23.5 Å². The number of nitrogens with one attached hydrogen (secondary N) is 1. The van der Waals surface area contributed by atoms with Crippen LogP contribution in [-0.4, -0.2) is 57.9 Å². The molecule has 1 aliphatic heterocycles. The van der Waals surface area contributed by atoms with Crippen molar-refractivity contribution in [2.75, 3.05) is 26.2 Å². The molecule has 222 valence electrons. The molecule has 1 aliphatic carbocycles. The van der Waals surface area contributed by atoms with E-state index in [0.29, 0.717) is 12.2 Å². The number of H-pyrrole nitrogens is 1. The highest BCUT2D eigenvalue weighted by Crippen LogP contribution is 2.43. The van der Waals surface area contributed by atoms with E-state index in [-0.39, 0.29) is 54.3 Å². The number of hydrogen-bond acceptors (Lipinski definition) is 5. The summed E-state index contributed by atoms with van der Waals surface area (Å²) in [6.07, 6.45) is -6.90. The zero-order chi connectivity index (χ0) is 29.2. The molecule has 3 unspecified atom stereocenters. The van der Waals surface area contributed by atoms with Crippen molar-refractivity contribution in [2.45, 2.75) is 62.4 Å². The van der Waals surface area contributed by atoms with E-state index in [4.69, 9.17) is 4.74 Å². The van der Waals surface area contributed by atoms with Gasteiger partial charge in [-0.1, -0.05) is 17.3 Å². The first-order valence-electron chi connectivity index (χ1n) is 13.6. The highest BCUT2D eigenvalue weighted by Gasteiger charge is 2.40. The minimum absolute atomic E-state index is 0.0379. The Balaban J connectivity index is 1.25. The molecule has 3 aromatic rings. The standard InChI is InChI=1S/C28H30F7N5O/c29-23-4-1-18(2-5-23)25-20(16-40-10-7-19(8-11-40)26-36-38-39-37-26)3-6-24(25)41-12-9-17-13-21(27(30,31)32)15-22(14-17)28(33,34)35/h1-2,4-5,13-15,19-20,24-25H,3,6-12,16H2,(H,36,37,38,39). The fraction of sp³-hybridized carbons (Fsp3) is 0.536. The van der Waals surface area contributed by atoms with Gasteiger partial charge in [-0.2, -0.15) is 31.6 Å². The summed E-state index contributed by atoms with van der Waals surface area (Å²) in [7, 11) is 0. The molecule has 0 amide bonds. The van der Waals surface area contributed by atoms with E-state index >= 15 is 0 Å². The molecule has 2 aromatic carbocycles. The average Bonchev–Trinajstić information content (AvgIpc) is 3.60. The largest absolute Gasteiger partial charge is 0.416 e. The highest BCUT2D eigenvalue weighted by atomic mass is 19.4. The van der Waals surface area contributed by atoms with E-state index < -0.39 is 23.5 Å². The quantitative estimate of drug-likeness (QED) is 0.311. The van der Waals surface area contributed by atoms with Gasteiger partial charge in [-0.05, 0) is 92.6 Å². The van der Waals surface area contributed by atoms with Gasteiger partial charge in [-0.15, -0.1) is 10.2 Å². The number of aromatic amines is 1. The summed E-state index contributed by atoms with van der Waals surface area (Å²) in [6.45, 7) is 2.47. The van der Waals surface area contributed by atoms with Gasteiger partial charge in [-0.3, -0.25) is 0 Å². The third-order valence-electron chi connectivity index (χ3n) is 8.16. The molecule has 5 rings (SSSR count). The zero-order valence-electron chi connectivity index (χ0n) is 22.1. The monoisotopic (exact) mass is 585 g/mol. The van der Waals surface area contributed by atoms with E-state index in [1.54, 1.807) is 12.1 Å². The zero-order valence-corrected chi connectivity index (χ0v) is 22.1. The molecule has 13 heteroatoms. The molecule has 3 atom stereocenters. The molecule has 1 saturated carbocycles. The van der Waals surface area contributed by atoms with Gasteiger partial charge in [0.15, 0.2) is 5.82 Å². The Hall–Kier alpha value is -3.06. The van der Waals surface area contributed by atoms with Gasteiger partial charge < -0.3 is 9.64 Å². The number of aromatic nitrogens is 4. The molecule has 41 heavy (non-hydrogen) atoms. The summed E-state index contributed by atoms with van der Waals surface area (Å²) in [5.74, 6) is 0.697. The molecule has 0 radical (unpaired) electrons. The summed E-state index contributed by atoms with van der Waals surface area (Å²) in [4.78, 5) is 2.38. The summed E-state index contributed by atoms with van der Waals surface area (Å²) >= 11 is 0. The number of tetrazole rings is 1. The predicted octanol–water partition coefficient (Wildman–Crippen LogP) is 6.38. The third-order valence-corrected chi connectivity index (χ3v) is 8.16. The van der Waals surface area contributed by atoms with Crippen LogP contribution in [0.5, 0.6) is 0 Å². The Morgan fingerprint density at radius 3 is 2.12 bits per heavy atom. The van der Waals surface area contributed by atoms with Crippen molar-refractivity contribution in [1.82, 2.24) is 25.5 Å². The van der Waals surface area contributed by atoms with Crippen LogP contribution < -0.4 is 0 Å². The minimum atomic E-state index is -4.90. The van der Waals surface area contributed by atoms with Gasteiger partial charge in [0.05, 0.1) is 23.8 Å². The number of likely N-dealkylation sites (tertiary alicyclic amines) is 1. The Bertz CT molecular complexity index is 1240. The van der Waals surface area contributed by atoms with E-state index in [1.807, 2.05) is 0 Å². The molecule has 0 spiro atoms. The lowest BCUT2D eigenvalue weighted by atomic mass is 9.86. The molecule has 6 nitrogen and oxygen atoms in total. The normalized spacial score (nSPS) is 22.9. The van der Waals surface area contributed by atoms with E-state index in [1.165, 1.54) is 12.1 Å². The maximum absolute atomic E-state index is 13.7. The summed E-state index contributed by atoms with van der Waals surface area (Å²) in [5.41, 5.74) is -1.87. The second kappa shape index (κ2) is 12.0. The molecule has 0 bridgehead atoms. The lowest BCUT2D eigenvalue weighted by Crippen LogP contribution is -2.38. The summed E-state index contributed by atoms with van der Waals surface area (Å²) in [6, 6.07) is 7.83. The predicted molar refractivity (Wildman–Crippen MR) is 134 cm³/mol. The fourth-order valence-electron chi connectivity index (χ4n) is 6.14. The third kappa shape index (κ3) is 7.24. The topological polar surface area (TPSA) is 66.9 Å². The number of piperidine rings is 1. The Morgan fingerprint density at radius 1 is 0.878 bits per heavy atom. The Morgan fingerprint density at radius 2 is 1.54 bits per heavy atom. The molecular formula is C28H30F7N5O. The number of alkyl halides is 6. The van der Waals surface area contributed by atoms with Crippen molar-refractivity contribution in [2.24, 2.45) is 5.92 Å². The van der Waals surface area contributed by atoms with Crippen molar-refractivity contribution < 1.29 is 35.5 Å². The summed E-state index contributed by atoms with van der Waals surface area (Å²) < 4.78 is 99.4. The highest BCUT2D eigenvalue weighted by molar-refractivity contribution is 5.34. The van der Waals surface area contributed by atoms with Crippen LogP contribution in [0.3, 0.4) is 0 Å². The van der Waals surface area contributed by atoms with Gasteiger partial charge in [0, 0.05) is 18.4 Å². The minimum Gasteiger partial charge on any atom is -0.377 e. The number of ether oxygens (including phenoxy) is 1. The number of halogens is 7.